The van der Waals surface area contributed by atoms with E-state index in [1.54, 1.807) is 6.08 Å². The highest BCUT2D eigenvalue weighted by atomic mass is 16.7. The van der Waals surface area contributed by atoms with Gasteiger partial charge < -0.3 is 65.1 Å². The molecule has 548 valence electrons. The Morgan fingerprint density at radius 2 is 0.710 bits per heavy atom. The molecule has 0 saturated carbocycles. The monoisotopic (exact) mass is 1320 g/mol. The summed E-state index contributed by atoms with van der Waals surface area (Å²) in [6.45, 7) is 2.85. The number of amides is 1. The lowest BCUT2D eigenvalue weighted by atomic mass is 9.97. The predicted octanol–water partition coefficient (Wildman–Crippen LogP) is 17.6. The van der Waals surface area contributed by atoms with Crippen LogP contribution in [0.5, 0.6) is 0 Å². The lowest BCUT2D eigenvalue weighted by Crippen LogP contribution is -2.65. The van der Waals surface area contributed by atoms with E-state index in [2.05, 4.69) is 43.5 Å². The summed E-state index contributed by atoms with van der Waals surface area (Å²) in [6.07, 6.45) is 66.5. The van der Waals surface area contributed by atoms with E-state index in [0.29, 0.717) is 6.42 Å². The van der Waals surface area contributed by atoms with Crippen molar-refractivity contribution in [2.45, 2.75) is 441 Å². The van der Waals surface area contributed by atoms with Crippen LogP contribution in [0, 0.1) is 0 Å². The van der Waals surface area contributed by atoms with E-state index in [0.717, 1.165) is 44.9 Å². The van der Waals surface area contributed by atoms with Crippen LogP contribution in [0.4, 0.5) is 0 Å². The lowest BCUT2D eigenvalue weighted by Gasteiger charge is -2.46. The minimum atomic E-state index is -1.79. The second kappa shape index (κ2) is 63.6. The minimum absolute atomic E-state index is 0.233. The molecule has 2 aliphatic rings. The van der Waals surface area contributed by atoms with E-state index in [1.807, 2.05) is 6.08 Å². The highest BCUT2D eigenvalue weighted by Gasteiger charge is 2.51. The molecule has 0 aromatic heterocycles. The molecule has 0 spiro atoms. The fraction of sp³-hybridized carbons (Fsp3) is 0.911. The van der Waals surface area contributed by atoms with Crippen molar-refractivity contribution in [2.75, 3.05) is 19.8 Å². The van der Waals surface area contributed by atoms with Crippen molar-refractivity contribution in [1.82, 2.24) is 5.32 Å². The van der Waals surface area contributed by atoms with Crippen molar-refractivity contribution >= 4 is 5.91 Å². The Labute approximate surface area is 570 Å². The van der Waals surface area contributed by atoms with E-state index < -0.39 is 86.8 Å². The van der Waals surface area contributed by atoms with Gasteiger partial charge in [0.2, 0.25) is 5.91 Å². The van der Waals surface area contributed by atoms with Crippen LogP contribution in [0.3, 0.4) is 0 Å². The maximum absolute atomic E-state index is 13.4. The second-order valence-corrected chi connectivity index (χ2v) is 28.2. The van der Waals surface area contributed by atoms with Crippen LogP contribution in [-0.4, -0.2) is 140 Å². The van der Waals surface area contributed by atoms with E-state index in [1.165, 1.54) is 295 Å². The molecule has 1 amide bonds. The van der Waals surface area contributed by atoms with Crippen molar-refractivity contribution in [3.8, 4) is 0 Å². The molecule has 0 aromatic rings. The molecule has 93 heavy (non-hydrogen) atoms. The summed E-state index contributed by atoms with van der Waals surface area (Å²) in [6, 6.07) is -0.916. The smallest absolute Gasteiger partial charge is 0.220 e. The summed E-state index contributed by atoms with van der Waals surface area (Å²) in [7, 11) is 0. The molecule has 12 atom stereocenters. The van der Waals surface area contributed by atoms with Gasteiger partial charge in [0.25, 0.3) is 0 Å². The van der Waals surface area contributed by atoms with Crippen molar-refractivity contribution in [1.29, 1.82) is 0 Å². The summed E-state index contributed by atoms with van der Waals surface area (Å²) in [5, 5.41) is 87.7. The number of aliphatic hydroxyl groups is 8. The fourth-order valence-corrected chi connectivity index (χ4v) is 13.3. The Balaban J connectivity index is 1.62. The number of allylic oxidation sites excluding steroid dienone is 5. The maximum Gasteiger partial charge on any atom is 0.220 e. The van der Waals surface area contributed by atoms with Crippen LogP contribution >= 0.6 is 0 Å². The van der Waals surface area contributed by atoms with Gasteiger partial charge in [-0.2, -0.15) is 0 Å². The van der Waals surface area contributed by atoms with Gasteiger partial charge in [0.05, 0.1) is 32.0 Å². The molecule has 0 aliphatic carbocycles. The van der Waals surface area contributed by atoms with Crippen LogP contribution < -0.4 is 5.32 Å². The number of hydrogen-bond acceptors (Lipinski definition) is 13. The van der Waals surface area contributed by atoms with Crippen molar-refractivity contribution in [3.63, 3.8) is 0 Å². The molecule has 2 rings (SSSR count). The third kappa shape index (κ3) is 47.0. The molecule has 2 aliphatic heterocycles. The fourth-order valence-electron chi connectivity index (χ4n) is 13.3. The molecule has 9 N–H and O–H groups in total. The molecular formula is C79H149NO13. The average Bonchev–Trinajstić information content (AvgIpc) is 0.854. The minimum Gasteiger partial charge on any atom is -0.394 e. The highest BCUT2D eigenvalue weighted by molar-refractivity contribution is 5.76. The van der Waals surface area contributed by atoms with Gasteiger partial charge >= 0.3 is 0 Å². The van der Waals surface area contributed by atoms with Crippen LogP contribution in [0.2, 0.25) is 0 Å². The number of aliphatic hydroxyl groups excluding tert-OH is 8. The number of carbonyl (C=O) groups is 1. The number of ether oxygens (including phenoxy) is 4. The molecule has 2 heterocycles. The first-order valence-electron chi connectivity index (χ1n) is 39.7. The molecule has 14 heteroatoms. The average molecular weight is 1320 g/mol. The molecule has 14 nitrogen and oxygen atoms in total. The van der Waals surface area contributed by atoms with Gasteiger partial charge in [-0.15, -0.1) is 0 Å². The van der Waals surface area contributed by atoms with Crippen LogP contribution in [-0.2, 0) is 23.7 Å². The topological polar surface area (TPSA) is 228 Å². The second-order valence-electron chi connectivity index (χ2n) is 28.2. The summed E-state index contributed by atoms with van der Waals surface area (Å²) in [5.74, 6) is -0.233. The zero-order valence-corrected chi connectivity index (χ0v) is 60.0. The Morgan fingerprint density at radius 3 is 1.08 bits per heavy atom. The predicted molar refractivity (Wildman–Crippen MR) is 383 cm³/mol. The van der Waals surface area contributed by atoms with Crippen LogP contribution in [0.25, 0.3) is 0 Å². The number of carbonyl (C=O) groups excluding carboxylic acids is 1. The Hall–Kier alpha value is -1.79. The lowest BCUT2D eigenvalue weighted by molar-refractivity contribution is -0.359. The van der Waals surface area contributed by atoms with Gasteiger partial charge in [0, 0.05) is 6.42 Å². The van der Waals surface area contributed by atoms with E-state index >= 15 is 0 Å². The Kier molecular flexibility index (Phi) is 59.7. The van der Waals surface area contributed by atoms with Gasteiger partial charge in [0.15, 0.2) is 12.6 Å². The van der Waals surface area contributed by atoms with Gasteiger partial charge in [-0.05, 0) is 51.4 Å². The standard InChI is InChI=1S/C79H149NO13/c1-3-5-7-9-11-13-15-17-19-21-23-25-27-29-31-32-33-34-35-37-38-40-42-44-46-48-50-52-54-56-58-60-62-68(83)67(66-90-78-76(89)74(87)77(70(65-82)92-78)93-79-75(88)73(86)72(85)69(64-81)91-79)80-71(84)63-61-59-57-55-53-51-49-47-45-43-41-39-36-30-28-26-24-22-20-18-16-14-12-10-8-6-4-2/h16,18,22,24,60,62,67-70,72-79,81-83,85-89H,3-15,17,19-21,23,25-59,61,63-66H2,1-2H3,(H,80,84)/b18-16-,24-22-,62-60+. The van der Waals surface area contributed by atoms with Crippen molar-refractivity contribution in [3.05, 3.63) is 36.5 Å². The SMILES string of the molecule is CCCCCCC/C=C\C/C=C\CCCCCCCCCCCCCCCCCC(=O)NC(COC1OC(CO)C(OC2OC(CO)C(O)C(O)C2O)C(O)C1O)C(O)/C=C/CCCCCCCCCCCCCCCCCCCCCCCCCCCCCCCC. The number of hydrogen-bond donors (Lipinski definition) is 9. The summed E-state index contributed by atoms with van der Waals surface area (Å²) >= 11 is 0. The molecule has 0 radical (unpaired) electrons. The first kappa shape index (κ1) is 87.3. The van der Waals surface area contributed by atoms with Crippen molar-refractivity contribution < 1.29 is 64.6 Å². The third-order valence-electron chi connectivity index (χ3n) is 19.6. The van der Waals surface area contributed by atoms with Gasteiger partial charge in [-0.1, -0.05) is 346 Å². The highest BCUT2D eigenvalue weighted by Crippen LogP contribution is 2.30. The first-order chi connectivity index (χ1) is 45.6. The molecule has 2 saturated heterocycles. The van der Waals surface area contributed by atoms with Crippen molar-refractivity contribution in [2.24, 2.45) is 0 Å². The zero-order valence-electron chi connectivity index (χ0n) is 60.0. The van der Waals surface area contributed by atoms with Gasteiger partial charge in [0.1, 0.15) is 48.8 Å². The molecule has 0 bridgehead atoms. The Bertz CT molecular complexity index is 1700. The molecule has 2 fully saturated rings. The van der Waals surface area contributed by atoms with Crippen LogP contribution in [0.15, 0.2) is 36.5 Å². The maximum atomic E-state index is 13.4. The van der Waals surface area contributed by atoms with E-state index in [-0.39, 0.29) is 18.9 Å². The van der Waals surface area contributed by atoms with E-state index in [4.69, 9.17) is 18.9 Å². The number of nitrogens with one attached hydrogen (secondary N) is 1. The molecular weight excluding hydrogens is 1170 g/mol. The summed E-state index contributed by atoms with van der Waals surface area (Å²) < 4.78 is 22.9. The third-order valence-corrected chi connectivity index (χ3v) is 19.6. The Morgan fingerprint density at radius 1 is 0.387 bits per heavy atom. The molecule has 12 unspecified atom stereocenters. The zero-order chi connectivity index (χ0) is 67.3. The summed E-state index contributed by atoms with van der Waals surface area (Å²) in [5.41, 5.74) is 0. The molecule has 0 aromatic carbocycles. The summed E-state index contributed by atoms with van der Waals surface area (Å²) in [4.78, 5) is 13.4. The largest absolute Gasteiger partial charge is 0.394 e. The first-order valence-corrected chi connectivity index (χ1v) is 39.7. The number of rotatable bonds is 67. The van der Waals surface area contributed by atoms with E-state index in [9.17, 15) is 45.6 Å². The normalized spacial score (nSPS) is 22.7. The van der Waals surface area contributed by atoms with Gasteiger partial charge in [-0.3, -0.25) is 4.79 Å². The van der Waals surface area contributed by atoms with Crippen LogP contribution in [0.1, 0.15) is 367 Å². The van der Waals surface area contributed by atoms with Gasteiger partial charge in [-0.25, -0.2) is 0 Å². The quantitative estimate of drug-likeness (QED) is 0.0204. The number of unbranched alkanes of at least 4 members (excludes halogenated alkanes) is 50.